The maximum absolute atomic E-state index is 13.3. The third kappa shape index (κ3) is 5.27. The van der Waals surface area contributed by atoms with Gasteiger partial charge in [0.05, 0.1) is 11.4 Å². The first-order valence-corrected chi connectivity index (χ1v) is 10.7. The quantitative estimate of drug-likeness (QED) is 0.444. The molecule has 0 spiro atoms. The maximum atomic E-state index is 13.3. The number of amides is 1. The van der Waals surface area contributed by atoms with E-state index in [4.69, 9.17) is 4.74 Å². The number of pyridine rings is 1. The van der Waals surface area contributed by atoms with E-state index in [-0.39, 0.29) is 17.9 Å². The highest BCUT2D eigenvalue weighted by atomic mass is 32.1. The Balaban J connectivity index is 1.97. The average Bonchev–Trinajstić information content (AvgIpc) is 3.26. The van der Waals surface area contributed by atoms with Gasteiger partial charge in [0.2, 0.25) is 6.23 Å². The van der Waals surface area contributed by atoms with Gasteiger partial charge in [0.15, 0.2) is 0 Å². The Hall–Kier alpha value is -3.26. The van der Waals surface area contributed by atoms with Gasteiger partial charge >= 0.3 is 5.97 Å². The minimum atomic E-state index is -0.985. The summed E-state index contributed by atoms with van der Waals surface area (Å²) in [6, 6.07) is 10.9. The number of rotatable bonds is 7. The normalized spacial score (nSPS) is 11.7. The van der Waals surface area contributed by atoms with Gasteiger partial charge in [-0.1, -0.05) is 25.1 Å². The molecule has 6 nitrogen and oxygen atoms in total. The first-order chi connectivity index (χ1) is 14.8. The molecule has 1 atom stereocenters. The number of hydrogen-bond donors (Lipinski definition) is 1. The van der Waals surface area contributed by atoms with E-state index in [0.717, 1.165) is 16.8 Å². The van der Waals surface area contributed by atoms with Crippen LogP contribution in [0.4, 0.5) is 4.39 Å². The molecule has 1 amide bonds. The summed E-state index contributed by atoms with van der Waals surface area (Å²) in [6.07, 6.45) is -0.392. The lowest BCUT2D eigenvalue weighted by atomic mass is 10.1. The number of thiophene rings is 1. The number of hydrogen-bond acceptors (Lipinski definition) is 5. The molecule has 0 aliphatic rings. The highest BCUT2D eigenvalue weighted by Crippen LogP contribution is 2.21. The van der Waals surface area contributed by atoms with Gasteiger partial charge in [-0.15, -0.1) is 11.3 Å². The van der Waals surface area contributed by atoms with Crippen molar-refractivity contribution >= 4 is 23.2 Å². The maximum Gasteiger partial charge on any atom is 0.304 e. The second kappa shape index (κ2) is 9.70. The minimum absolute atomic E-state index is 0.0504. The number of carbonyl (C=O) groups excluding carboxylic acids is 2. The predicted octanol–water partition coefficient (Wildman–Crippen LogP) is 3.96. The Labute approximate surface area is 183 Å². The van der Waals surface area contributed by atoms with Crippen molar-refractivity contribution in [2.75, 3.05) is 0 Å². The van der Waals surface area contributed by atoms with Crippen molar-refractivity contribution < 1.29 is 18.7 Å². The van der Waals surface area contributed by atoms with E-state index < -0.39 is 23.7 Å². The topological polar surface area (TPSA) is 77.4 Å². The van der Waals surface area contributed by atoms with Gasteiger partial charge in [-0.25, -0.2) is 4.39 Å². The smallest absolute Gasteiger partial charge is 0.304 e. The summed E-state index contributed by atoms with van der Waals surface area (Å²) >= 11 is 1.32. The Morgan fingerprint density at radius 1 is 1.23 bits per heavy atom. The molecule has 0 aliphatic heterocycles. The van der Waals surface area contributed by atoms with Crippen LogP contribution in [-0.4, -0.2) is 16.4 Å². The number of benzene rings is 1. The number of carbonyl (C=O) groups is 2. The van der Waals surface area contributed by atoms with Gasteiger partial charge in [-0.3, -0.25) is 14.4 Å². The van der Waals surface area contributed by atoms with Crippen LogP contribution in [0.3, 0.4) is 0 Å². The van der Waals surface area contributed by atoms with Crippen LogP contribution in [0.5, 0.6) is 0 Å². The fraction of sp³-hybridized carbons (Fsp3) is 0.261. The SMILES string of the molecule is CCc1c(C)cc(C(=O)NC(OC(C)=O)c2cccs2)c(=O)n1Cc1ccc(F)cc1. The first kappa shape index (κ1) is 22.4. The highest BCUT2D eigenvalue weighted by Gasteiger charge is 2.23. The van der Waals surface area contributed by atoms with Crippen LogP contribution in [0.2, 0.25) is 0 Å². The summed E-state index contributed by atoms with van der Waals surface area (Å²) in [4.78, 5) is 38.3. The molecular weight excluding hydrogens is 419 g/mol. The van der Waals surface area contributed by atoms with E-state index >= 15 is 0 Å². The molecule has 3 rings (SSSR count). The van der Waals surface area contributed by atoms with Crippen molar-refractivity contribution in [3.63, 3.8) is 0 Å². The molecule has 0 bridgehead atoms. The molecule has 0 aliphatic carbocycles. The molecule has 1 aromatic carbocycles. The third-order valence-electron chi connectivity index (χ3n) is 4.80. The molecule has 3 aromatic rings. The Bertz CT molecular complexity index is 1140. The Kier molecular flexibility index (Phi) is 7.02. The van der Waals surface area contributed by atoms with Crippen molar-refractivity contribution in [3.05, 3.63) is 91.3 Å². The average molecular weight is 443 g/mol. The van der Waals surface area contributed by atoms with E-state index in [1.54, 1.807) is 35.7 Å². The molecule has 8 heteroatoms. The number of aromatic nitrogens is 1. The largest absolute Gasteiger partial charge is 0.437 e. The second-order valence-electron chi connectivity index (χ2n) is 7.04. The van der Waals surface area contributed by atoms with Gasteiger partial charge in [-0.2, -0.15) is 0 Å². The Morgan fingerprint density at radius 2 is 1.94 bits per heavy atom. The first-order valence-electron chi connectivity index (χ1n) is 9.79. The zero-order valence-electron chi connectivity index (χ0n) is 17.5. The van der Waals surface area contributed by atoms with Crippen LogP contribution in [0.25, 0.3) is 0 Å². The van der Waals surface area contributed by atoms with Crippen LogP contribution in [-0.2, 0) is 22.5 Å². The van der Waals surface area contributed by atoms with Crippen LogP contribution >= 0.6 is 11.3 Å². The molecule has 2 heterocycles. The number of nitrogens with zero attached hydrogens (tertiary/aromatic N) is 1. The molecule has 1 N–H and O–H groups in total. The fourth-order valence-corrected chi connectivity index (χ4v) is 4.08. The van der Waals surface area contributed by atoms with Crippen LogP contribution in [0.1, 0.15) is 52.1 Å². The molecule has 0 saturated carbocycles. The molecule has 0 saturated heterocycles. The molecule has 31 heavy (non-hydrogen) atoms. The monoisotopic (exact) mass is 442 g/mol. The number of aryl methyl sites for hydroxylation is 1. The van der Waals surface area contributed by atoms with Gasteiger partial charge in [-0.05, 0) is 54.1 Å². The lowest BCUT2D eigenvalue weighted by Gasteiger charge is -2.19. The van der Waals surface area contributed by atoms with Crippen molar-refractivity contribution in [3.8, 4) is 0 Å². The molecular formula is C23H23FN2O4S. The van der Waals surface area contributed by atoms with Crippen LogP contribution in [0.15, 0.2) is 52.6 Å². The number of halogens is 1. The highest BCUT2D eigenvalue weighted by molar-refractivity contribution is 7.10. The molecule has 0 radical (unpaired) electrons. The second-order valence-corrected chi connectivity index (χ2v) is 8.02. The molecule has 162 valence electrons. The van der Waals surface area contributed by atoms with Crippen LogP contribution < -0.4 is 10.9 Å². The zero-order valence-corrected chi connectivity index (χ0v) is 18.3. The van der Waals surface area contributed by atoms with Crippen LogP contribution in [0, 0.1) is 12.7 Å². The standard InChI is InChI=1S/C23H23FN2O4S/c1-4-19-14(2)12-18(23(29)26(19)13-16-7-9-17(24)10-8-16)21(28)25-22(30-15(3)27)20-6-5-11-31-20/h5-12,22H,4,13H2,1-3H3,(H,25,28). The third-order valence-corrected chi connectivity index (χ3v) is 5.71. The van der Waals surface area contributed by atoms with Gasteiger partial charge in [0, 0.05) is 12.6 Å². The number of ether oxygens (including phenoxy) is 1. The van der Waals surface area contributed by atoms with E-state index in [1.165, 1.54) is 35.0 Å². The van der Waals surface area contributed by atoms with Gasteiger partial charge in [0.1, 0.15) is 11.4 Å². The van der Waals surface area contributed by atoms with Crippen molar-refractivity contribution in [2.24, 2.45) is 0 Å². The van der Waals surface area contributed by atoms with E-state index in [2.05, 4.69) is 5.32 Å². The summed E-state index contributed by atoms with van der Waals surface area (Å²) in [5.41, 5.74) is 1.81. The summed E-state index contributed by atoms with van der Waals surface area (Å²) in [7, 11) is 0. The molecule has 0 fully saturated rings. The van der Waals surface area contributed by atoms with Gasteiger partial charge < -0.3 is 14.6 Å². The molecule has 1 unspecified atom stereocenters. The summed E-state index contributed by atoms with van der Waals surface area (Å²) < 4.78 is 20.0. The lowest BCUT2D eigenvalue weighted by molar-refractivity contribution is -0.147. The number of esters is 1. The zero-order chi connectivity index (χ0) is 22.5. The van der Waals surface area contributed by atoms with E-state index in [9.17, 15) is 18.8 Å². The minimum Gasteiger partial charge on any atom is -0.437 e. The van der Waals surface area contributed by atoms with E-state index in [0.29, 0.717) is 11.3 Å². The van der Waals surface area contributed by atoms with E-state index in [1.807, 2.05) is 13.8 Å². The molecule has 2 aromatic heterocycles. The summed E-state index contributed by atoms with van der Waals surface area (Å²) in [5, 5.41) is 4.44. The van der Waals surface area contributed by atoms with Gasteiger partial charge in [0.25, 0.3) is 11.5 Å². The lowest BCUT2D eigenvalue weighted by Crippen LogP contribution is -2.37. The Morgan fingerprint density at radius 3 is 2.52 bits per heavy atom. The van der Waals surface area contributed by atoms with Crippen molar-refractivity contribution in [2.45, 2.75) is 40.0 Å². The number of nitrogens with one attached hydrogen (secondary N) is 1. The summed E-state index contributed by atoms with van der Waals surface area (Å²) in [5.74, 6) is -1.55. The van der Waals surface area contributed by atoms with Crippen molar-refractivity contribution in [1.82, 2.24) is 9.88 Å². The fourth-order valence-electron chi connectivity index (χ4n) is 3.38. The van der Waals surface area contributed by atoms with Crippen molar-refractivity contribution in [1.29, 1.82) is 0 Å². The predicted molar refractivity (Wildman–Crippen MR) is 117 cm³/mol. The summed E-state index contributed by atoms with van der Waals surface area (Å²) in [6.45, 7) is 5.22.